The first kappa shape index (κ1) is 12.3. The molecule has 0 N–H and O–H groups in total. The highest BCUT2D eigenvalue weighted by molar-refractivity contribution is 5.23. The molecule has 0 bridgehead atoms. The van der Waals surface area contributed by atoms with E-state index < -0.39 is 5.95 Å². The van der Waals surface area contributed by atoms with Crippen LogP contribution in [0.25, 0.3) is 0 Å². The molecule has 0 saturated heterocycles. The molecule has 0 aliphatic heterocycles. The van der Waals surface area contributed by atoms with Crippen molar-refractivity contribution in [3.8, 4) is 5.75 Å². The lowest BCUT2D eigenvalue weighted by Gasteiger charge is -2.25. The molecule has 17 heavy (non-hydrogen) atoms. The van der Waals surface area contributed by atoms with Gasteiger partial charge in [0.15, 0.2) is 5.75 Å². The van der Waals surface area contributed by atoms with Crippen molar-refractivity contribution in [1.29, 1.82) is 0 Å². The second-order valence-electron chi connectivity index (χ2n) is 4.91. The fourth-order valence-electron chi connectivity index (χ4n) is 2.48. The second kappa shape index (κ2) is 5.48. The lowest BCUT2D eigenvalue weighted by atomic mass is 9.81. The molecule has 1 aliphatic carbocycles. The fraction of sp³-hybridized carbons (Fsp3) is 0.643. The molecule has 3 heteroatoms. The van der Waals surface area contributed by atoms with Gasteiger partial charge in [0.25, 0.3) is 5.95 Å². The van der Waals surface area contributed by atoms with Crippen molar-refractivity contribution in [2.45, 2.75) is 45.4 Å². The maximum Gasteiger partial charge on any atom is 0.255 e. The van der Waals surface area contributed by atoms with Crippen molar-refractivity contribution in [3.05, 3.63) is 23.8 Å². The van der Waals surface area contributed by atoms with Crippen LogP contribution in [0.3, 0.4) is 0 Å². The van der Waals surface area contributed by atoms with E-state index in [1.807, 2.05) is 13.0 Å². The molecule has 94 valence electrons. The topological polar surface area (TPSA) is 22.1 Å². The molecular weight excluding hydrogens is 217 g/mol. The Hall–Kier alpha value is -1.12. The predicted molar refractivity (Wildman–Crippen MR) is 65.7 cm³/mol. The van der Waals surface area contributed by atoms with Crippen LogP contribution in [0.1, 0.15) is 51.1 Å². The summed E-state index contributed by atoms with van der Waals surface area (Å²) in [6.45, 7) is 4.59. The Balaban J connectivity index is 2.09. The molecule has 1 aromatic rings. The third kappa shape index (κ3) is 2.96. The van der Waals surface area contributed by atoms with Gasteiger partial charge in [-0.05, 0) is 37.8 Å². The van der Waals surface area contributed by atoms with Crippen LogP contribution < -0.4 is 4.74 Å². The smallest absolute Gasteiger partial charge is 0.255 e. The van der Waals surface area contributed by atoms with Gasteiger partial charge in [-0.3, -0.25) is 0 Å². The van der Waals surface area contributed by atoms with Gasteiger partial charge in [-0.25, -0.2) is 4.98 Å². The highest BCUT2D eigenvalue weighted by Crippen LogP contribution is 2.35. The predicted octanol–water partition coefficient (Wildman–Crippen LogP) is 3.91. The Labute approximate surface area is 102 Å². The number of pyridine rings is 1. The van der Waals surface area contributed by atoms with Gasteiger partial charge in [0.2, 0.25) is 0 Å². The Morgan fingerprint density at radius 2 is 2.00 bits per heavy atom. The highest BCUT2D eigenvalue weighted by atomic mass is 19.1. The van der Waals surface area contributed by atoms with Crippen molar-refractivity contribution >= 4 is 0 Å². The normalized spacial score (nSPS) is 24.6. The van der Waals surface area contributed by atoms with Crippen molar-refractivity contribution < 1.29 is 9.13 Å². The first-order chi connectivity index (χ1) is 8.20. The number of hydrogen-bond acceptors (Lipinski definition) is 2. The largest absolute Gasteiger partial charge is 0.489 e. The van der Waals surface area contributed by atoms with E-state index in [0.29, 0.717) is 12.5 Å². The molecule has 2 nitrogen and oxygen atoms in total. The Bertz CT molecular complexity index is 372. The Morgan fingerprint density at radius 3 is 2.59 bits per heavy atom. The summed E-state index contributed by atoms with van der Waals surface area (Å²) in [6.07, 6.45) is 4.70. The SMILES string of the molecule is CCOc1ccc(C2CCC(C)CC2)nc1F. The molecule has 0 spiro atoms. The van der Waals surface area contributed by atoms with E-state index in [0.717, 1.165) is 24.5 Å². The minimum absolute atomic E-state index is 0.264. The first-order valence-corrected chi connectivity index (χ1v) is 6.50. The minimum Gasteiger partial charge on any atom is -0.489 e. The molecule has 2 rings (SSSR count). The van der Waals surface area contributed by atoms with Gasteiger partial charge < -0.3 is 4.74 Å². The zero-order valence-corrected chi connectivity index (χ0v) is 10.6. The van der Waals surface area contributed by atoms with Crippen LogP contribution in [0.5, 0.6) is 5.75 Å². The van der Waals surface area contributed by atoms with Gasteiger partial charge in [-0.15, -0.1) is 0 Å². The standard InChI is InChI=1S/C14H20FNO/c1-3-17-13-9-8-12(16-14(13)15)11-6-4-10(2)5-7-11/h8-11H,3-7H2,1-2H3. The zero-order chi connectivity index (χ0) is 12.3. The third-order valence-corrected chi connectivity index (χ3v) is 3.57. The fourth-order valence-corrected chi connectivity index (χ4v) is 2.48. The van der Waals surface area contributed by atoms with E-state index in [1.54, 1.807) is 6.07 Å². The Kier molecular flexibility index (Phi) is 3.97. The summed E-state index contributed by atoms with van der Waals surface area (Å²) in [6, 6.07) is 3.62. The summed E-state index contributed by atoms with van der Waals surface area (Å²) in [5.74, 6) is 1.03. The van der Waals surface area contributed by atoms with Crippen LogP contribution in [-0.2, 0) is 0 Å². The maximum absolute atomic E-state index is 13.6. The highest BCUT2D eigenvalue weighted by Gasteiger charge is 2.21. The van der Waals surface area contributed by atoms with Crippen molar-refractivity contribution in [2.24, 2.45) is 5.92 Å². The van der Waals surface area contributed by atoms with Gasteiger partial charge in [-0.2, -0.15) is 4.39 Å². The number of aromatic nitrogens is 1. The number of nitrogens with zero attached hydrogens (tertiary/aromatic N) is 1. The summed E-state index contributed by atoms with van der Waals surface area (Å²) in [7, 11) is 0. The van der Waals surface area contributed by atoms with E-state index in [-0.39, 0.29) is 5.75 Å². The van der Waals surface area contributed by atoms with E-state index in [2.05, 4.69) is 11.9 Å². The molecule has 1 aromatic heterocycles. The molecule has 1 aliphatic rings. The molecule has 1 fully saturated rings. The van der Waals surface area contributed by atoms with Crippen LogP contribution in [-0.4, -0.2) is 11.6 Å². The van der Waals surface area contributed by atoms with Crippen LogP contribution in [0.4, 0.5) is 4.39 Å². The number of hydrogen-bond donors (Lipinski definition) is 0. The number of rotatable bonds is 3. The van der Waals surface area contributed by atoms with Crippen LogP contribution in [0.15, 0.2) is 12.1 Å². The maximum atomic E-state index is 13.6. The lowest BCUT2D eigenvalue weighted by molar-refractivity contribution is 0.311. The molecule has 0 amide bonds. The second-order valence-corrected chi connectivity index (χ2v) is 4.91. The molecule has 0 unspecified atom stereocenters. The number of ether oxygens (including phenoxy) is 1. The van der Waals surface area contributed by atoms with Gasteiger partial charge in [0.1, 0.15) is 0 Å². The van der Waals surface area contributed by atoms with E-state index in [9.17, 15) is 4.39 Å². The van der Waals surface area contributed by atoms with Crippen LogP contribution in [0, 0.1) is 11.9 Å². The molecule has 0 radical (unpaired) electrons. The molecule has 1 heterocycles. The van der Waals surface area contributed by atoms with Crippen molar-refractivity contribution in [3.63, 3.8) is 0 Å². The van der Waals surface area contributed by atoms with Gasteiger partial charge in [0.05, 0.1) is 6.61 Å². The summed E-state index contributed by atoms with van der Waals surface area (Å²) >= 11 is 0. The molecule has 1 saturated carbocycles. The van der Waals surface area contributed by atoms with Crippen LogP contribution >= 0.6 is 0 Å². The molecule has 0 aromatic carbocycles. The monoisotopic (exact) mass is 237 g/mol. The molecular formula is C14H20FNO. The summed E-state index contributed by atoms with van der Waals surface area (Å²) < 4.78 is 18.8. The van der Waals surface area contributed by atoms with Crippen LogP contribution in [0.2, 0.25) is 0 Å². The quantitative estimate of drug-likeness (QED) is 0.743. The summed E-state index contributed by atoms with van der Waals surface area (Å²) in [4.78, 5) is 4.05. The van der Waals surface area contributed by atoms with Gasteiger partial charge in [-0.1, -0.05) is 19.8 Å². The minimum atomic E-state index is -0.469. The third-order valence-electron chi connectivity index (χ3n) is 3.57. The summed E-state index contributed by atoms with van der Waals surface area (Å²) in [5.41, 5.74) is 0.887. The lowest BCUT2D eigenvalue weighted by Crippen LogP contribution is -2.12. The van der Waals surface area contributed by atoms with E-state index in [4.69, 9.17) is 4.74 Å². The van der Waals surface area contributed by atoms with Crippen molar-refractivity contribution in [2.75, 3.05) is 6.61 Å². The average Bonchev–Trinajstić information content (AvgIpc) is 2.33. The van der Waals surface area contributed by atoms with E-state index in [1.165, 1.54) is 12.8 Å². The van der Waals surface area contributed by atoms with Gasteiger partial charge in [0, 0.05) is 11.6 Å². The van der Waals surface area contributed by atoms with Gasteiger partial charge >= 0.3 is 0 Å². The average molecular weight is 237 g/mol. The van der Waals surface area contributed by atoms with E-state index >= 15 is 0 Å². The Morgan fingerprint density at radius 1 is 1.29 bits per heavy atom. The van der Waals surface area contributed by atoms with Crippen molar-refractivity contribution in [1.82, 2.24) is 4.98 Å². The molecule has 0 atom stereocenters. The zero-order valence-electron chi connectivity index (χ0n) is 10.6. The summed E-state index contributed by atoms with van der Waals surface area (Å²) in [5, 5.41) is 0. The first-order valence-electron chi connectivity index (χ1n) is 6.50. The number of halogens is 1.